The van der Waals surface area contributed by atoms with Gasteiger partial charge in [-0.15, -0.1) is 0 Å². The van der Waals surface area contributed by atoms with Crippen LogP contribution in [0.25, 0.3) is 0 Å². The summed E-state index contributed by atoms with van der Waals surface area (Å²) >= 11 is 0. The molecule has 0 aromatic carbocycles. The maximum Gasteiger partial charge on any atom is 0.232 e. The van der Waals surface area contributed by atoms with Crippen molar-refractivity contribution < 1.29 is 4.52 Å². The van der Waals surface area contributed by atoms with E-state index >= 15 is 0 Å². The summed E-state index contributed by atoms with van der Waals surface area (Å²) in [4.78, 5) is 4.32. The van der Waals surface area contributed by atoms with E-state index in [1.165, 1.54) is 19.3 Å². The van der Waals surface area contributed by atoms with Gasteiger partial charge in [0.1, 0.15) is 0 Å². The van der Waals surface area contributed by atoms with Gasteiger partial charge in [0.25, 0.3) is 0 Å². The van der Waals surface area contributed by atoms with E-state index in [2.05, 4.69) is 24.0 Å². The molecule has 0 bridgehead atoms. The summed E-state index contributed by atoms with van der Waals surface area (Å²) in [5, 5.41) is 3.84. The highest BCUT2D eigenvalue weighted by Gasteiger charge is 2.49. The Kier molecular flexibility index (Phi) is 1.90. The zero-order chi connectivity index (χ0) is 9.47. The van der Waals surface area contributed by atoms with E-state index in [-0.39, 0.29) is 5.41 Å². The molecule has 1 aliphatic rings. The standard InChI is InChI=1S/C10H16N2O/c1-7(2)6-10(4-5-10)9-11-8(3)12-13-9/h7H,4-6H2,1-3H3. The molecule has 1 aliphatic carbocycles. The number of nitrogens with zero attached hydrogens (tertiary/aromatic N) is 2. The van der Waals surface area contributed by atoms with Crippen molar-refractivity contribution in [3.63, 3.8) is 0 Å². The molecule has 13 heavy (non-hydrogen) atoms. The molecule has 0 amide bonds. The molecule has 0 aliphatic heterocycles. The van der Waals surface area contributed by atoms with Crippen molar-refractivity contribution in [3.8, 4) is 0 Å². The first-order valence-electron chi connectivity index (χ1n) is 4.93. The van der Waals surface area contributed by atoms with Gasteiger partial charge in [0.05, 0.1) is 0 Å². The molecule has 3 nitrogen and oxygen atoms in total. The van der Waals surface area contributed by atoms with E-state index in [1.54, 1.807) is 0 Å². The molecule has 1 heterocycles. The molecule has 3 heteroatoms. The van der Waals surface area contributed by atoms with Crippen LogP contribution in [0.2, 0.25) is 0 Å². The Bertz CT molecular complexity index is 300. The zero-order valence-electron chi connectivity index (χ0n) is 8.50. The lowest BCUT2D eigenvalue weighted by molar-refractivity contribution is 0.319. The van der Waals surface area contributed by atoms with Gasteiger partial charge in [0.2, 0.25) is 5.89 Å². The summed E-state index contributed by atoms with van der Waals surface area (Å²) in [6.07, 6.45) is 3.61. The molecule has 1 saturated carbocycles. The first-order valence-corrected chi connectivity index (χ1v) is 4.93. The minimum atomic E-state index is 0.245. The Hall–Kier alpha value is -0.860. The lowest BCUT2D eigenvalue weighted by atomic mass is 9.94. The van der Waals surface area contributed by atoms with Crippen molar-refractivity contribution in [2.24, 2.45) is 5.92 Å². The van der Waals surface area contributed by atoms with Crippen LogP contribution in [0.4, 0.5) is 0 Å². The van der Waals surface area contributed by atoms with Crippen LogP contribution in [-0.2, 0) is 5.41 Å². The van der Waals surface area contributed by atoms with E-state index in [0.29, 0.717) is 5.92 Å². The van der Waals surface area contributed by atoms with Gasteiger partial charge in [0, 0.05) is 5.41 Å². The smallest absolute Gasteiger partial charge is 0.232 e. The highest BCUT2D eigenvalue weighted by Crippen LogP contribution is 2.51. The molecular weight excluding hydrogens is 164 g/mol. The fraction of sp³-hybridized carbons (Fsp3) is 0.800. The third-order valence-corrected chi connectivity index (χ3v) is 2.63. The number of aromatic nitrogens is 2. The molecule has 0 spiro atoms. The number of hydrogen-bond donors (Lipinski definition) is 0. The minimum absolute atomic E-state index is 0.245. The van der Waals surface area contributed by atoms with Gasteiger partial charge in [-0.3, -0.25) is 0 Å². The SMILES string of the molecule is Cc1noc(C2(CC(C)C)CC2)n1. The molecule has 0 saturated heterocycles. The quantitative estimate of drug-likeness (QED) is 0.717. The van der Waals surface area contributed by atoms with Crippen LogP contribution in [0.5, 0.6) is 0 Å². The van der Waals surface area contributed by atoms with Gasteiger partial charge in [-0.1, -0.05) is 19.0 Å². The van der Waals surface area contributed by atoms with Crippen molar-refractivity contribution >= 4 is 0 Å². The van der Waals surface area contributed by atoms with Crippen LogP contribution in [-0.4, -0.2) is 10.1 Å². The molecule has 1 aromatic rings. The third kappa shape index (κ3) is 1.60. The first-order chi connectivity index (χ1) is 6.12. The summed E-state index contributed by atoms with van der Waals surface area (Å²) in [6, 6.07) is 0. The first kappa shape index (κ1) is 8.73. The van der Waals surface area contributed by atoms with Crippen LogP contribution in [0.3, 0.4) is 0 Å². The Morgan fingerprint density at radius 3 is 2.54 bits per heavy atom. The van der Waals surface area contributed by atoms with Crippen molar-refractivity contribution in [2.45, 2.75) is 45.4 Å². The second kappa shape index (κ2) is 2.82. The molecule has 1 fully saturated rings. The fourth-order valence-corrected chi connectivity index (χ4v) is 1.95. The van der Waals surface area contributed by atoms with Gasteiger partial charge in [0.15, 0.2) is 5.82 Å². The van der Waals surface area contributed by atoms with Crippen molar-refractivity contribution in [1.82, 2.24) is 10.1 Å². The highest BCUT2D eigenvalue weighted by atomic mass is 16.5. The van der Waals surface area contributed by atoms with Gasteiger partial charge < -0.3 is 4.52 Å². The van der Waals surface area contributed by atoms with Crippen LogP contribution in [0.1, 0.15) is 44.8 Å². The maximum atomic E-state index is 5.23. The summed E-state index contributed by atoms with van der Waals surface area (Å²) in [5.41, 5.74) is 0.245. The summed E-state index contributed by atoms with van der Waals surface area (Å²) < 4.78 is 5.23. The van der Waals surface area contributed by atoms with Gasteiger partial charge in [-0.2, -0.15) is 4.98 Å². The topological polar surface area (TPSA) is 38.9 Å². The van der Waals surface area contributed by atoms with Gasteiger partial charge in [-0.05, 0) is 32.1 Å². The molecule has 0 unspecified atom stereocenters. The maximum absolute atomic E-state index is 5.23. The second-order valence-corrected chi connectivity index (χ2v) is 4.53. The largest absolute Gasteiger partial charge is 0.339 e. The number of rotatable bonds is 3. The van der Waals surface area contributed by atoms with Crippen molar-refractivity contribution in [2.75, 3.05) is 0 Å². The molecular formula is C10H16N2O. The van der Waals surface area contributed by atoms with E-state index in [1.807, 2.05) is 6.92 Å². The molecule has 0 atom stereocenters. The summed E-state index contributed by atoms with van der Waals surface area (Å²) in [5.74, 6) is 2.32. The van der Waals surface area contributed by atoms with Crippen molar-refractivity contribution in [3.05, 3.63) is 11.7 Å². The molecule has 1 aromatic heterocycles. The Labute approximate surface area is 78.5 Å². The Balaban J connectivity index is 2.16. The number of aryl methyl sites for hydroxylation is 1. The molecule has 0 N–H and O–H groups in total. The lowest BCUT2D eigenvalue weighted by Crippen LogP contribution is -2.10. The normalized spacial score (nSPS) is 19.4. The summed E-state index contributed by atoms with van der Waals surface area (Å²) in [6.45, 7) is 6.35. The highest BCUT2D eigenvalue weighted by molar-refractivity contribution is 5.15. The van der Waals surface area contributed by atoms with Crippen LogP contribution in [0, 0.1) is 12.8 Å². The van der Waals surface area contributed by atoms with Gasteiger partial charge in [-0.25, -0.2) is 0 Å². The van der Waals surface area contributed by atoms with E-state index in [0.717, 1.165) is 11.7 Å². The monoisotopic (exact) mass is 180 g/mol. The van der Waals surface area contributed by atoms with E-state index in [4.69, 9.17) is 4.52 Å². The van der Waals surface area contributed by atoms with Crippen LogP contribution in [0.15, 0.2) is 4.52 Å². The van der Waals surface area contributed by atoms with Crippen LogP contribution >= 0.6 is 0 Å². The number of hydrogen-bond acceptors (Lipinski definition) is 3. The van der Waals surface area contributed by atoms with Gasteiger partial charge >= 0.3 is 0 Å². The van der Waals surface area contributed by atoms with E-state index in [9.17, 15) is 0 Å². The molecule has 2 rings (SSSR count). The predicted molar refractivity (Wildman–Crippen MR) is 49.4 cm³/mol. The summed E-state index contributed by atoms with van der Waals surface area (Å²) in [7, 11) is 0. The molecule has 0 radical (unpaired) electrons. The van der Waals surface area contributed by atoms with E-state index < -0.39 is 0 Å². The van der Waals surface area contributed by atoms with Crippen molar-refractivity contribution in [1.29, 1.82) is 0 Å². The van der Waals surface area contributed by atoms with Crippen LogP contribution < -0.4 is 0 Å². The Morgan fingerprint density at radius 1 is 1.46 bits per heavy atom. The minimum Gasteiger partial charge on any atom is -0.339 e. The fourth-order valence-electron chi connectivity index (χ4n) is 1.95. The predicted octanol–water partition coefficient (Wildman–Crippen LogP) is 2.46. The average Bonchev–Trinajstić information content (AvgIpc) is 2.65. The molecule has 72 valence electrons. The zero-order valence-corrected chi connectivity index (χ0v) is 8.50. The lowest BCUT2D eigenvalue weighted by Gasteiger charge is -2.11. The second-order valence-electron chi connectivity index (χ2n) is 4.53. The average molecular weight is 180 g/mol. The Morgan fingerprint density at radius 2 is 2.15 bits per heavy atom. The third-order valence-electron chi connectivity index (χ3n) is 2.63.